The lowest BCUT2D eigenvalue weighted by atomic mass is 10.1. The number of rotatable bonds is 7. The van der Waals surface area contributed by atoms with Gasteiger partial charge in [0.1, 0.15) is 0 Å². The van der Waals surface area contributed by atoms with Crippen LogP contribution in [-0.4, -0.2) is 14.3 Å². The van der Waals surface area contributed by atoms with E-state index in [0.29, 0.717) is 15.7 Å². The van der Waals surface area contributed by atoms with Crippen LogP contribution in [0.5, 0.6) is 0 Å². The first-order valence-corrected chi connectivity index (χ1v) is 12.5. The molecule has 0 unspecified atom stereocenters. The highest BCUT2D eigenvalue weighted by atomic mass is 35.5. The number of para-hydroxylation sites is 1. The van der Waals surface area contributed by atoms with Gasteiger partial charge in [0.15, 0.2) is 0 Å². The molecule has 0 radical (unpaired) electrons. The molecular formula is C26H20Cl2N2O3S. The predicted molar refractivity (Wildman–Crippen MR) is 137 cm³/mol. The molecule has 0 aliphatic rings. The van der Waals surface area contributed by atoms with E-state index >= 15 is 0 Å². The average Bonchev–Trinajstić information content (AvgIpc) is 2.83. The lowest BCUT2D eigenvalue weighted by Gasteiger charge is -2.26. The molecule has 4 aromatic rings. The van der Waals surface area contributed by atoms with Gasteiger partial charge in [-0.3, -0.25) is 9.10 Å². The van der Waals surface area contributed by atoms with E-state index in [1.54, 1.807) is 60.7 Å². The molecule has 0 aromatic heterocycles. The van der Waals surface area contributed by atoms with Crippen LogP contribution in [0.1, 0.15) is 15.9 Å². The van der Waals surface area contributed by atoms with E-state index in [1.165, 1.54) is 16.4 Å². The third-order valence-corrected chi connectivity index (χ3v) is 7.25. The summed E-state index contributed by atoms with van der Waals surface area (Å²) in [5, 5.41) is 3.50. The Kier molecular flexibility index (Phi) is 7.22. The maximum atomic E-state index is 13.7. The number of benzene rings is 4. The Labute approximate surface area is 208 Å². The number of hydrogen-bond donors (Lipinski definition) is 1. The van der Waals surface area contributed by atoms with Crippen LogP contribution in [0.4, 0.5) is 11.4 Å². The summed E-state index contributed by atoms with van der Waals surface area (Å²) in [6.45, 7) is 0.0470. The van der Waals surface area contributed by atoms with Gasteiger partial charge < -0.3 is 5.32 Å². The number of nitrogens with zero attached hydrogens (tertiary/aromatic N) is 1. The fourth-order valence-corrected chi connectivity index (χ4v) is 5.49. The van der Waals surface area contributed by atoms with Crippen molar-refractivity contribution in [2.24, 2.45) is 0 Å². The maximum Gasteiger partial charge on any atom is 0.264 e. The largest absolute Gasteiger partial charge is 0.322 e. The quantitative estimate of drug-likeness (QED) is 0.303. The minimum absolute atomic E-state index is 0.0470. The molecule has 0 saturated heterocycles. The van der Waals surface area contributed by atoms with Gasteiger partial charge in [-0.2, -0.15) is 0 Å². The molecule has 0 fully saturated rings. The summed E-state index contributed by atoms with van der Waals surface area (Å²) < 4.78 is 28.7. The molecule has 4 rings (SSSR count). The number of carbonyl (C=O) groups is 1. The fraction of sp³-hybridized carbons (Fsp3) is 0.0385. The van der Waals surface area contributed by atoms with E-state index in [2.05, 4.69) is 5.32 Å². The number of nitrogens with one attached hydrogen (secondary N) is 1. The standard InChI is InChI=1S/C26H20Cl2N2O3S/c27-20-15-21(28)17-22(16-20)29-26(31)24-13-7-8-14-25(24)30(18-19-9-3-1-4-10-19)34(32,33)23-11-5-2-6-12-23/h1-17H,18H2,(H,29,31). The topological polar surface area (TPSA) is 66.5 Å². The van der Waals surface area contributed by atoms with Gasteiger partial charge in [0, 0.05) is 15.7 Å². The molecule has 172 valence electrons. The van der Waals surface area contributed by atoms with Crippen LogP contribution in [0.15, 0.2) is 108 Å². The molecule has 1 amide bonds. The van der Waals surface area contributed by atoms with Crippen LogP contribution in [0.2, 0.25) is 10.0 Å². The molecule has 0 bridgehead atoms. The number of sulfonamides is 1. The molecule has 0 aliphatic carbocycles. The van der Waals surface area contributed by atoms with Gasteiger partial charge in [0.25, 0.3) is 15.9 Å². The van der Waals surface area contributed by atoms with Crippen LogP contribution in [-0.2, 0) is 16.6 Å². The van der Waals surface area contributed by atoms with E-state index in [-0.39, 0.29) is 22.7 Å². The number of hydrogen-bond acceptors (Lipinski definition) is 3. The smallest absolute Gasteiger partial charge is 0.264 e. The average molecular weight is 511 g/mol. The zero-order valence-corrected chi connectivity index (χ0v) is 20.2. The van der Waals surface area contributed by atoms with Gasteiger partial charge in [-0.05, 0) is 48.0 Å². The third kappa shape index (κ3) is 5.42. The summed E-state index contributed by atoms with van der Waals surface area (Å²) in [6, 6.07) is 28.6. The molecular weight excluding hydrogens is 491 g/mol. The van der Waals surface area contributed by atoms with Gasteiger partial charge in [-0.25, -0.2) is 8.42 Å². The summed E-state index contributed by atoms with van der Waals surface area (Å²) in [6.07, 6.45) is 0. The highest BCUT2D eigenvalue weighted by Gasteiger charge is 2.28. The van der Waals surface area contributed by atoms with Gasteiger partial charge >= 0.3 is 0 Å². The molecule has 34 heavy (non-hydrogen) atoms. The Bertz CT molecular complexity index is 1390. The van der Waals surface area contributed by atoms with Crippen molar-refractivity contribution in [1.29, 1.82) is 0 Å². The summed E-state index contributed by atoms with van der Waals surface area (Å²) in [5.74, 6) is -0.491. The highest BCUT2D eigenvalue weighted by Crippen LogP contribution is 2.30. The van der Waals surface area contributed by atoms with E-state index in [4.69, 9.17) is 23.2 Å². The van der Waals surface area contributed by atoms with Gasteiger partial charge in [0.05, 0.1) is 22.7 Å². The number of halogens is 2. The first-order chi connectivity index (χ1) is 16.3. The second kappa shape index (κ2) is 10.3. The molecule has 5 nitrogen and oxygen atoms in total. The zero-order valence-electron chi connectivity index (χ0n) is 17.9. The number of anilines is 2. The van der Waals surface area contributed by atoms with Crippen molar-refractivity contribution in [2.75, 3.05) is 9.62 Å². The van der Waals surface area contributed by atoms with Gasteiger partial charge in [0.2, 0.25) is 0 Å². The Morgan fingerprint density at radius 3 is 1.97 bits per heavy atom. The van der Waals surface area contributed by atoms with E-state index in [0.717, 1.165) is 5.56 Å². The number of carbonyl (C=O) groups excluding carboxylic acids is 1. The lowest BCUT2D eigenvalue weighted by molar-refractivity contribution is 0.102. The summed E-state index contributed by atoms with van der Waals surface area (Å²) >= 11 is 12.1. The van der Waals surface area contributed by atoms with Crippen LogP contribution < -0.4 is 9.62 Å². The molecule has 0 atom stereocenters. The lowest BCUT2D eigenvalue weighted by Crippen LogP contribution is -2.32. The van der Waals surface area contributed by atoms with Crippen molar-refractivity contribution in [2.45, 2.75) is 11.4 Å². The second-order valence-corrected chi connectivity index (χ2v) is 10.2. The van der Waals surface area contributed by atoms with Crippen LogP contribution >= 0.6 is 23.2 Å². The number of amides is 1. The predicted octanol–water partition coefficient (Wildman–Crippen LogP) is 6.64. The normalized spacial score (nSPS) is 11.1. The summed E-state index contributed by atoms with van der Waals surface area (Å²) in [7, 11) is -3.98. The first-order valence-electron chi connectivity index (χ1n) is 10.3. The Morgan fingerprint density at radius 1 is 0.765 bits per heavy atom. The van der Waals surface area contributed by atoms with Gasteiger partial charge in [-0.1, -0.05) is 83.9 Å². The molecule has 0 aliphatic heterocycles. The van der Waals surface area contributed by atoms with E-state index in [1.807, 2.05) is 30.3 Å². The second-order valence-electron chi connectivity index (χ2n) is 7.44. The van der Waals surface area contributed by atoms with Crippen molar-refractivity contribution in [3.05, 3.63) is 124 Å². The molecule has 0 saturated carbocycles. The van der Waals surface area contributed by atoms with Crippen molar-refractivity contribution < 1.29 is 13.2 Å². The maximum absolute atomic E-state index is 13.7. The van der Waals surface area contributed by atoms with Gasteiger partial charge in [-0.15, -0.1) is 0 Å². The Balaban J connectivity index is 1.78. The summed E-state index contributed by atoms with van der Waals surface area (Å²) in [4.78, 5) is 13.4. The van der Waals surface area contributed by atoms with Crippen molar-refractivity contribution in [1.82, 2.24) is 0 Å². The summed E-state index contributed by atoms with van der Waals surface area (Å²) in [5.41, 5.74) is 1.62. The van der Waals surface area contributed by atoms with Crippen LogP contribution in [0, 0.1) is 0 Å². The van der Waals surface area contributed by atoms with Crippen molar-refractivity contribution >= 4 is 50.5 Å². The Hall–Kier alpha value is -3.32. The molecule has 8 heteroatoms. The fourth-order valence-electron chi connectivity index (χ4n) is 3.48. The van der Waals surface area contributed by atoms with Crippen LogP contribution in [0.25, 0.3) is 0 Å². The molecule has 4 aromatic carbocycles. The van der Waals surface area contributed by atoms with E-state index < -0.39 is 15.9 Å². The zero-order chi connectivity index (χ0) is 24.1. The molecule has 0 spiro atoms. The first kappa shape index (κ1) is 23.8. The van der Waals surface area contributed by atoms with E-state index in [9.17, 15) is 13.2 Å². The molecule has 1 N–H and O–H groups in total. The monoisotopic (exact) mass is 510 g/mol. The van der Waals surface area contributed by atoms with Crippen molar-refractivity contribution in [3.8, 4) is 0 Å². The highest BCUT2D eigenvalue weighted by molar-refractivity contribution is 7.92. The third-order valence-electron chi connectivity index (χ3n) is 5.04. The minimum Gasteiger partial charge on any atom is -0.322 e. The van der Waals surface area contributed by atoms with Crippen LogP contribution in [0.3, 0.4) is 0 Å². The SMILES string of the molecule is O=C(Nc1cc(Cl)cc(Cl)c1)c1ccccc1N(Cc1ccccc1)S(=O)(=O)c1ccccc1. The molecule has 0 heterocycles. The minimum atomic E-state index is -3.98. The Morgan fingerprint density at radius 2 is 1.32 bits per heavy atom. The van der Waals surface area contributed by atoms with Crippen molar-refractivity contribution in [3.63, 3.8) is 0 Å².